The zero-order valence-corrected chi connectivity index (χ0v) is 18.1. The van der Waals surface area contributed by atoms with Crippen molar-refractivity contribution in [2.45, 2.75) is 45.4 Å². The largest absolute Gasteiger partial charge is 0.295 e. The van der Waals surface area contributed by atoms with Crippen LogP contribution in [0.25, 0.3) is 0 Å². The predicted molar refractivity (Wildman–Crippen MR) is 113 cm³/mol. The Morgan fingerprint density at radius 2 is 2.03 bits per heavy atom. The highest BCUT2D eigenvalue weighted by molar-refractivity contribution is 7.89. The van der Waals surface area contributed by atoms with E-state index in [1.807, 2.05) is 0 Å². The molecule has 1 fully saturated rings. The zero-order chi connectivity index (χ0) is 21.4. The number of sulfonamides is 1. The summed E-state index contributed by atoms with van der Waals surface area (Å²) in [6, 6.07) is 3.85. The smallest absolute Gasteiger partial charge is 0.272 e. The number of hydrogen-bond acceptors (Lipinski definition) is 6. The number of allylic oxidation sites excluding steroid dienone is 2. The number of nitro benzene ring substituents is 1. The van der Waals surface area contributed by atoms with Gasteiger partial charge in [-0.1, -0.05) is 33.8 Å². The molecule has 0 saturated heterocycles. The summed E-state index contributed by atoms with van der Waals surface area (Å²) < 4.78 is 26.6. The molecule has 8 nitrogen and oxygen atoms in total. The van der Waals surface area contributed by atoms with E-state index in [-0.39, 0.29) is 21.7 Å². The van der Waals surface area contributed by atoms with Crippen molar-refractivity contribution < 1.29 is 13.3 Å². The Labute approximate surface area is 171 Å². The van der Waals surface area contributed by atoms with Crippen molar-refractivity contribution in [2.24, 2.45) is 22.4 Å². The molecule has 2 atom stereocenters. The Bertz CT molecular complexity index is 965. The first kappa shape index (κ1) is 21.4. The first-order valence-electron chi connectivity index (χ1n) is 9.90. The summed E-state index contributed by atoms with van der Waals surface area (Å²) in [6.45, 7) is 8.58. The second kappa shape index (κ2) is 7.87. The SMILES string of the molecule is CCN(CC)S(=O)(=O)c1ccc(NN=CC2=CCC3CC2C3(C)C)c([N+](=O)[O-])c1. The van der Waals surface area contributed by atoms with Crippen LogP contribution >= 0.6 is 0 Å². The molecule has 3 aliphatic rings. The summed E-state index contributed by atoms with van der Waals surface area (Å²) in [4.78, 5) is 10.8. The molecule has 4 rings (SSSR count). The van der Waals surface area contributed by atoms with Gasteiger partial charge in [0, 0.05) is 19.2 Å². The van der Waals surface area contributed by atoms with Crippen molar-refractivity contribution in [1.82, 2.24) is 4.31 Å². The lowest BCUT2D eigenvalue weighted by Crippen LogP contribution is -2.48. The lowest BCUT2D eigenvalue weighted by atomic mass is 9.49. The number of anilines is 1. The predicted octanol–water partition coefficient (Wildman–Crippen LogP) is 4.02. The van der Waals surface area contributed by atoms with Gasteiger partial charge in [-0.2, -0.15) is 9.41 Å². The number of benzene rings is 1. The maximum absolute atomic E-state index is 12.6. The second-order valence-corrected chi connectivity index (χ2v) is 10.1. The number of rotatable bonds is 8. The van der Waals surface area contributed by atoms with E-state index < -0.39 is 14.9 Å². The van der Waals surface area contributed by atoms with Crippen molar-refractivity contribution in [3.63, 3.8) is 0 Å². The molecule has 0 heterocycles. The standard InChI is InChI=1S/C20H28N4O4S/c1-5-23(6-2)29(27,28)16-9-10-18(19(12-16)24(25)26)22-21-13-14-7-8-15-11-17(14)20(15,3)4/h7,9-10,12-13,15,17,22H,5-6,8,11H2,1-4H3. The lowest BCUT2D eigenvalue weighted by molar-refractivity contribution is -0.384. The Kier molecular flexibility index (Phi) is 5.82. The Morgan fingerprint density at radius 1 is 1.34 bits per heavy atom. The lowest BCUT2D eigenvalue weighted by Gasteiger charge is -2.55. The Morgan fingerprint density at radius 3 is 2.59 bits per heavy atom. The van der Waals surface area contributed by atoms with E-state index in [0.29, 0.717) is 19.0 Å². The van der Waals surface area contributed by atoms with Crippen LogP contribution < -0.4 is 5.43 Å². The van der Waals surface area contributed by atoms with E-state index >= 15 is 0 Å². The van der Waals surface area contributed by atoms with Crippen LogP contribution in [0.15, 0.2) is 39.8 Å². The minimum absolute atomic E-state index is 0.0975. The maximum atomic E-state index is 12.6. The van der Waals surface area contributed by atoms with Gasteiger partial charge in [-0.25, -0.2) is 8.42 Å². The summed E-state index contributed by atoms with van der Waals surface area (Å²) >= 11 is 0. The van der Waals surface area contributed by atoms with Gasteiger partial charge in [0.25, 0.3) is 5.69 Å². The molecule has 3 aliphatic carbocycles. The zero-order valence-electron chi connectivity index (χ0n) is 17.3. The monoisotopic (exact) mass is 420 g/mol. The number of fused-ring (bicyclic) bond motifs is 1. The van der Waals surface area contributed by atoms with Crippen LogP contribution in [0.3, 0.4) is 0 Å². The molecule has 0 radical (unpaired) electrons. The Hall–Kier alpha value is -2.26. The molecule has 1 N–H and O–H groups in total. The maximum Gasteiger partial charge on any atom is 0.295 e. The van der Waals surface area contributed by atoms with E-state index in [1.54, 1.807) is 20.1 Å². The van der Waals surface area contributed by atoms with E-state index in [9.17, 15) is 18.5 Å². The van der Waals surface area contributed by atoms with Crippen molar-refractivity contribution in [3.8, 4) is 0 Å². The fourth-order valence-corrected chi connectivity index (χ4v) is 5.83. The fraction of sp³-hybridized carbons (Fsp3) is 0.550. The van der Waals surface area contributed by atoms with Crippen molar-refractivity contribution >= 4 is 27.6 Å². The molecule has 2 unspecified atom stereocenters. The van der Waals surface area contributed by atoms with Crippen LogP contribution in [0.4, 0.5) is 11.4 Å². The first-order chi connectivity index (χ1) is 13.6. The molecule has 0 aromatic heterocycles. The third-order valence-electron chi connectivity index (χ3n) is 6.42. The molecule has 0 amide bonds. The molecule has 0 spiro atoms. The molecule has 29 heavy (non-hydrogen) atoms. The quantitative estimate of drug-likeness (QED) is 0.388. The van der Waals surface area contributed by atoms with Gasteiger partial charge < -0.3 is 0 Å². The summed E-state index contributed by atoms with van der Waals surface area (Å²) in [7, 11) is -3.77. The summed E-state index contributed by atoms with van der Waals surface area (Å²) in [6.07, 6.45) is 6.10. The van der Waals surface area contributed by atoms with Crippen LogP contribution in [0.5, 0.6) is 0 Å². The molecule has 1 aromatic carbocycles. The summed E-state index contributed by atoms with van der Waals surface area (Å²) in [5, 5.41) is 15.7. The molecular weight excluding hydrogens is 392 g/mol. The molecule has 9 heteroatoms. The molecule has 1 saturated carbocycles. The highest BCUT2D eigenvalue weighted by atomic mass is 32.2. The van der Waals surface area contributed by atoms with Gasteiger partial charge >= 0.3 is 0 Å². The van der Waals surface area contributed by atoms with Crippen LogP contribution in [0.1, 0.15) is 40.5 Å². The van der Waals surface area contributed by atoms with Crippen LogP contribution in [-0.4, -0.2) is 37.0 Å². The molecule has 158 valence electrons. The number of hydrazone groups is 1. The van der Waals surface area contributed by atoms with Gasteiger partial charge in [-0.05, 0) is 47.8 Å². The van der Waals surface area contributed by atoms with Crippen LogP contribution in [-0.2, 0) is 10.0 Å². The van der Waals surface area contributed by atoms with Gasteiger partial charge in [-0.15, -0.1) is 0 Å². The van der Waals surface area contributed by atoms with E-state index in [4.69, 9.17) is 0 Å². The molecule has 2 bridgehead atoms. The summed E-state index contributed by atoms with van der Waals surface area (Å²) in [5.74, 6) is 1.18. The third kappa shape index (κ3) is 3.81. The van der Waals surface area contributed by atoms with Gasteiger partial charge in [0.05, 0.1) is 16.0 Å². The van der Waals surface area contributed by atoms with E-state index in [2.05, 4.69) is 30.5 Å². The first-order valence-corrected chi connectivity index (χ1v) is 11.3. The molecule has 1 aromatic rings. The van der Waals surface area contributed by atoms with Crippen molar-refractivity contribution in [3.05, 3.63) is 40.0 Å². The van der Waals surface area contributed by atoms with Crippen molar-refractivity contribution in [2.75, 3.05) is 18.5 Å². The Balaban J connectivity index is 1.82. The number of nitrogens with zero attached hydrogens (tertiary/aromatic N) is 3. The number of nitro groups is 1. The highest BCUT2D eigenvalue weighted by Gasteiger charge is 2.50. The van der Waals surface area contributed by atoms with Crippen LogP contribution in [0, 0.1) is 27.4 Å². The van der Waals surface area contributed by atoms with Gasteiger partial charge in [0.15, 0.2) is 0 Å². The average molecular weight is 421 g/mol. The fourth-order valence-electron chi connectivity index (χ4n) is 4.35. The number of nitrogens with one attached hydrogen (secondary N) is 1. The van der Waals surface area contributed by atoms with Gasteiger partial charge in [-0.3, -0.25) is 15.5 Å². The van der Waals surface area contributed by atoms with Gasteiger partial charge in [0.1, 0.15) is 5.69 Å². The number of hydrogen-bond donors (Lipinski definition) is 1. The normalized spacial score (nSPS) is 23.0. The minimum Gasteiger partial charge on any atom is -0.272 e. The molecule has 0 aliphatic heterocycles. The highest BCUT2D eigenvalue weighted by Crippen LogP contribution is 2.58. The third-order valence-corrected chi connectivity index (χ3v) is 8.46. The van der Waals surface area contributed by atoms with Gasteiger partial charge in [0.2, 0.25) is 10.0 Å². The van der Waals surface area contributed by atoms with E-state index in [0.717, 1.165) is 30.4 Å². The van der Waals surface area contributed by atoms with Crippen LogP contribution in [0.2, 0.25) is 0 Å². The molecular formula is C20H28N4O4S. The minimum atomic E-state index is -3.77. The second-order valence-electron chi connectivity index (χ2n) is 8.14. The average Bonchev–Trinajstić information content (AvgIpc) is 2.68. The van der Waals surface area contributed by atoms with E-state index in [1.165, 1.54) is 16.4 Å². The topological polar surface area (TPSA) is 105 Å². The van der Waals surface area contributed by atoms with Crippen molar-refractivity contribution in [1.29, 1.82) is 0 Å². The summed E-state index contributed by atoms with van der Waals surface area (Å²) in [5.41, 5.74) is 3.97.